The van der Waals surface area contributed by atoms with Gasteiger partial charge in [-0.1, -0.05) is 48.5 Å². The summed E-state index contributed by atoms with van der Waals surface area (Å²) < 4.78 is 11.6. The van der Waals surface area contributed by atoms with Crippen LogP contribution < -0.4 is 15.2 Å². The summed E-state index contributed by atoms with van der Waals surface area (Å²) in [5, 5.41) is 11.2. The van der Waals surface area contributed by atoms with E-state index in [-0.39, 0.29) is 5.92 Å². The van der Waals surface area contributed by atoms with E-state index in [1.54, 1.807) is 7.11 Å². The highest BCUT2D eigenvalue weighted by molar-refractivity contribution is 5.39. The van der Waals surface area contributed by atoms with Crippen molar-refractivity contribution in [1.82, 2.24) is 0 Å². The number of aliphatic hydroxyl groups excluding tert-OH is 1. The molecule has 3 aromatic carbocycles. The molecule has 1 aliphatic rings. The number of aliphatic hydroxyl groups is 1. The van der Waals surface area contributed by atoms with Crippen molar-refractivity contribution >= 4 is 0 Å². The molecule has 0 saturated heterocycles. The third-order valence-electron chi connectivity index (χ3n) is 6.00. The third-order valence-corrected chi connectivity index (χ3v) is 6.00. The topological polar surface area (TPSA) is 64.7 Å². The summed E-state index contributed by atoms with van der Waals surface area (Å²) in [6.45, 7) is 0. The Labute approximate surface area is 178 Å². The Morgan fingerprint density at radius 3 is 2.43 bits per heavy atom. The minimum atomic E-state index is -1.02. The van der Waals surface area contributed by atoms with Crippen molar-refractivity contribution in [3.05, 3.63) is 95.6 Å². The number of para-hydroxylation sites is 1. The summed E-state index contributed by atoms with van der Waals surface area (Å²) in [7, 11) is 1.64. The molecule has 0 radical (unpaired) electrons. The quantitative estimate of drug-likeness (QED) is 0.610. The number of ether oxygens (including phenoxy) is 2. The molecule has 0 aliphatic carbocycles. The monoisotopic (exact) mass is 403 g/mol. The zero-order chi connectivity index (χ0) is 21.0. The molecule has 3 aromatic rings. The van der Waals surface area contributed by atoms with Gasteiger partial charge in [-0.05, 0) is 61.1 Å². The van der Waals surface area contributed by atoms with Gasteiger partial charge in [-0.3, -0.25) is 5.73 Å². The summed E-state index contributed by atoms with van der Waals surface area (Å²) >= 11 is 0. The van der Waals surface area contributed by atoms with Gasteiger partial charge in [0.1, 0.15) is 11.5 Å². The SMILES string of the molecule is COc1ccc(C2(N)CC(CCCc3ccccc3)C(O)c3ccccc3O2)cc1. The maximum atomic E-state index is 11.2. The number of methoxy groups -OCH3 is 1. The summed E-state index contributed by atoms with van der Waals surface area (Å²) in [6, 6.07) is 25.8. The number of nitrogens with two attached hydrogens (primary N) is 1. The van der Waals surface area contributed by atoms with E-state index < -0.39 is 11.8 Å². The van der Waals surface area contributed by atoms with Crippen LogP contribution in [0, 0.1) is 5.92 Å². The molecule has 1 heterocycles. The summed E-state index contributed by atoms with van der Waals surface area (Å²) in [4.78, 5) is 0. The molecular weight excluding hydrogens is 374 g/mol. The Hall–Kier alpha value is -2.82. The van der Waals surface area contributed by atoms with Crippen LogP contribution in [-0.2, 0) is 12.1 Å². The van der Waals surface area contributed by atoms with E-state index in [4.69, 9.17) is 15.2 Å². The molecule has 0 spiro atoms. The summed E-state index contributed by atoms with van der Waals surface area (Å²) in [5.74, 6) is 1.41. The maximum Gasteiger partial charge on any atom is 0.185 e. The lowest BCUT2D eigenvalue weighted by molar-refractivity contribution is 0.0252. The fourth-order valence-electron chi connectivity index (χ4n) is 4.33. The number of rotatable bonds is 6. The van der Waals surface area contributed by atoms with Gasteiger partial charge in [0.05, 0.1) is 13.2 Å². The second-order valence-electron chi connectivity index (χ2n) is 8.04. The highest BCUT2D eigenvalue weighted by Crippen LogP contribution is 2.44. The molecule has 1 aliphatic heterocycles. The van der Waals surface area contributed by atoms with Crippen LogP contribution in [0.1, 0.15) is 42.1 Å². The molecule has 4 nitrogen and oxygen atoms in total. The van der Waals surface area contributed by atoms with Crippen LogP contribution in [0.2, 0.25) is 0 Å². The van der Waals surface area contributed by atoms with Crippen molar-refractivity contribution in [3.8, 4) is 11.5 Å². The van der Waals surface area contributed by atoms with E-state index in [2.05, 4.69) is 24.3 Å². The van der Waals surface area contributed by atoms with Crippen molar-refractivity contribution in [2.24, 2.45) is 11.7 Å². The van der Waals surface area contributed by atoms with Gasteiger partial charge in [-0.2, -0.15) is 0 Å². The van der Waals surface area contributed by atoms with Crippen molar-refractivity contribution in [1.29, 1.82) is 0 Å². The molecule has 4 heteroatoms. The average Bonchev–Trinajstić information content (AvgIpc) is 2.89. The third kappa shape index (κ3) is 4.35. The lowest BCUT2D eigenvalue weighted by atomic mass is 9.83. The molecule has 3 unspecified atom stereocenters. The molecule has 0 aromatic heterocycles. The van der Waals surface area contributed by atoms with E-state index in [0.717, 1.165) is 36.1 Å². The molecule has 0 bridgehead atoms. The van der Waals surface area contributed by atoms with E-state index in [0.29, 0.717) is 12.2 Å². The van der Waals surface area contributed by atoms with Crippen molar-refractivity contribution in [2.75, 3.05) is 7.11 Å². The van der Waals surface area contributed by atoms with Gasteiger partial charge in [-0.15, -0.1) is 0 Å². The van der Waals surface area contributed by atoms with Crippen LogP contribution in [0.15, 0.2) is 78.9 Å². The predicted octanol–water partition coefficient (Wildman–Crippen LogP) is 4.96. The second-order valence-corrected chi connectivity index (χ2v) is 8.04. The predicted molar refractivity (Wildman–Crippen MR) is 118 cm³/mol. The molecule has 0 saturated carbocycles. The van der Waals surface area contributed by atoms with Gasteiger partial charge < -0.3 is 14.6 Å². The molecule has 0 fully saturated rings. The number of benzene rings is 3. The largest absolute Gasteiger partial charge is 0.497 e. The Morgan fingerprint density at radius 1 is 1.00 bits per heavy atom. The highest BCUT2D eigenvalue weighted by Gasteiger charge is 2.40. The first-order chi connectivity index (χ1) is 14.6. The Bertz CT molecular complexity index is 958. The molecule has 4 rings (SSSR count). The minimum absolute atomic E-state index is 0.00976. The van der Waals surface area contributed by atoms with Crippen LogP contribution in [0.4, 0.5) is 0 Å². The van der Waals surface area contributed by atoms with Crippen molar-refractivity contribution in [2.45, 2.75) is 37.5 Å². The molecular formula is C26H29NO3. The molecule has 156 valence electrons. The van der Waals surface area contributed by atoms with Crippen LogP contribution in [0.5, 0.6) is 11.5 Å². The number of fused-ring (bicyclic) bond motifs is 1. The first-order valence-corrected chi connectivity index (χ1v) is 10.5. The average molecular weight is 404 g/mol. The fourth-order valence-corrected chi connectivity index (χ4v) is 4.33. The fraction of sp³-hybridized carbons (Fsp3) is 0.308. The van der Waals surface area contributed by atoms with Gasteiger partial charge >= 0.3 is 0 Å². The van der Waals surface area contributed by atoms with Gasteiger partial charge in [0.25, 0.3) is 0 Å². The number of hydrogen-bond donors (Lipinski definition) is 2. The molecule has 30 heavy (non-hydrogen) atoms. The Morgan fingerprint density at radius 2 is 1.70 bits per heavy atom. The van der Waals surface area contributed by atoms with Crippen molar-refractivity contribution in [3.63, 3.8) is 0 Å². The van der Waals surface area contributed by atoms with E-state index >= 15 is 0 Å². The summed E-state index contributed by atoms with van der Waals surface area (Å²) in [5.41, 5.74) is 8.83. The van der Waals surface area contributed by atoms with Gasteiger partial charge in [0.15, 0.2) is 5.72 Å². The van der Waals surface area contributed by atoms with Crippen molar-refractivity contribution < 1.29 is 14.6 Å². The molecule has 0 amide bonds. The maximum absolute atomic E-state index is 11.2. The zero-order valence-electron chi connectivity index (χ0n) is 17.3. The van der Waals surface area contributed by atoms with E-state index in [9.17, 15) is 5.11 Å². The van der Waals surface area contributed by atoms with Crippen LogP contribution >= 0.6 is 0 Å². The Kier molecular flexibility index (Phi) is 6.07. The smallest absolute Gasteiger partial charge is 0.185 e. The highest BCUT2D eigenvalue weighted by atomic mass is 16.5. The van der Waals surface area contributed by atoms with Gasteiger partial charge in [0, 0.05) is 17.5 Å². The van der Waals surface area contributed by atoms with Crippen LogP contribution in [-0.4, -0.2) is 12.2 Å². The van der Waals surface area contributed by atoms with Gasteiger partial charge in [0.2, 0.25) is 0 Å². The van der Waals surface area contributed by atoms with Crippen LogP contribution in [0.25, 0.3) is 0 Å². The van der Waals surface area contributed by atoms with E-state index in [1.807, 2.05) is 54.6 Å². The molecule has 3 N–H and O–H groups in total. The standard InChI is InChI=1S/C26H29NO3/c1-29-22-16-14-21(15-17-22)26(27)18-20(11-7-10-19-8-3-2-4-9-19)25(28)23-12-5-6-13-24(23)30-26/h2-6,8-9,12-17,20,25,28H,7,10-11,18,27H2,1H3. The van der Waals surface area contributed by atoms with Gasteiger partial charge in [-0.25, -0.2) is 0 Å². The number of hydrogen-bond acceptors (Lipinski definition) is 4. The lowest BCUT2D eigenvalue weighted by Gasteiger charge is -2.32. The van der Waals surface area contributed by atoms with Crippen LogP contribution in [0.3, 0.4) is 0 Å². The number of aryl methyl sites for hydroxylation is 1. The zero-order valence-corrected chi connectivity index (χ0v) is 17.3. The normalized spacial score (nSPS) is 23.2. The first kappa shape index (κ1) is 20.5. The lowest BCUT2D eigenvalue weighted by Crippen LogP contribution is -2.44. The molecule has 3 atom stereocenters. The first-order valence-electron chi connectivity index (χ1n) is 10.5. The van der Waals surface area contributed by atoms with E-state index in [1.165, 1.54) is 5.56 Å². The minimum Gasteiger partial charge on any atom is -0.497 e. The summed E-state index contributed by atoms with van der Waals surface area (Å²) in [6.07, 6.45) is 2.74. The second kappa shape index (κ2) is 8.90. The Balaban J connectivity index is 1.60.